The van der Waals surface area contributed by atoms with Crippen LogP contribution in [0.5, 0.6) is 0 Å². The summed E-state index contributed by atoms with van der Waals surface area (Å²) in [4.78, 5) is 11.9. The van der Waals surface area contributed by atoms with Gasteiger partial charge in [-0.2, -0.15) is 0 Å². The summed E-state index contributed by atoms with van der Waals surface area (Å²) >= 11 is 0. The Morgan fingerprint density at radius 3 is 2.59 bits per heavy atom. The van der Waals surface area contributed by atoms with Crippen molar-refractivity contribution in [1.82, 2.24) is 5.32 Å². The Bertz CT molecular complexity index is 248. The van der Waals surface area contributed by atoms with Gasteiger partial charge in [-0.05, 0) is 38.0 Å². The zero-order valence-corrected chi connectivity index (χ0v) is 11.0. The molecule has 0 aliphatic heterocycles. The van der Waals surface area contributed by atoms with Gasteiger partial charge in [0.05, 0.1) is 18.2 Å². The van der Waals surface area contributed by atoms with E-state index in [9.17, 15) is 9.90 Å². The topological polar surface area (TPSA) is 75.4 Å². The number of rotatable bonds is 5. The molecule has 4 N–H and O–H groups in total. The number of amides is 1. The number of carbonyl (C=O) groups excluding carboxylic acids is 1. The van der Waals surface area contributed by atoms with E-state index in [4.69, 9.17) is 5.73 Å². The maximum Gasteiger partial charge on any atom is 0.237 e. The molecule has 17 heavy (non-hydrogen) atoms. The van der Waals surface area contributed by atoms with Crippen LogP contribution in [0.15, 0.2) is 0 Å². The van der Waals surface area contributed by atoms with Gasteiger partial charge in [0.25, 0.3) is 0 Å². The van der Waals surface area contributed by atoms with Gasteiger partial charge in [-0.15, -0.1) is 0 Å². The van der Waals surface area contributed by atoms with Crippen LogP contribution in [-0.2, 0) is 4.79 Å². The van der Waals surface area contributed by atoms with Crippen molar-refractivity contribution in [2.45, 2.75) is 64.0 Å². The minimum absolute atomic E-state index is 0.0182. The van der Waals surface area contributed by atoms with Gasteiger partial charge in [-0.3, -0.25) is 4.79 Å². The second kappa shape index (κ2) is 6.36. The molecular formula is C13H26N2O2. The SMILES string of the molecule is CCC[C@H](N)C(=O)NC1(CO)CCC(C)CC1. The highest BCUT2D eigenvalue weighted by molar-refractivity contribution is 5.82. The first-order valence-corrected chi connectivity index (χ1v) is 6.71. The molecule has 0 bridgehead atoms. The van der Waals surface area contributed by atoms with E-state index in [2.05, 4.69) is 12.2 Å². The smallest absolute Gasteiger partial charge is 0.237 e. The summed E-state index contributed by atoms with van der Waals surface area (Å²) < 4.78 is 0. The summed E-state index contributed by atoms with van der Waals surface area (Å²) in [5.41, 5.74) is 5.37. The van der Waals surface area contributed by atoms with E-state index >= 15 is 0 Å². The molecular weight excluding hydrogens is 216 g/mol. The van der Waals surface area contributed by atoms with Gasteiger partial charge in [0.1, 0.15) is 0 Å². The highest BCUT2D eigenvalue weighted by atomic mass is 16.3. The van der Waals surface area contributed by atoms with Crippen LogP contribution in [0.2, 0.25) is 0 Å². The van der Waals surface area contributed by atoms with E-state index in [0.29, 0.717) is 12.3 Å². The molecule has 1 saturated carbocycles. The summed E-state index contributed by atoms with van der Waals surface area (Å²) in [6.45, 7) is 4.24. The second-order valence-electron chi connectivity index (χ2n) is 5.51. The van der Waals surface area contributed by atoms with Crippen molar-refractivity contribution in [1.29, 1.82) is 0 Å². The van der Waals surface area contributed by atoms with Crippen LogP contribution in [0.25, 0.3) is 0 Å². The summed E-state index contributed by atoms with van der Waals surface area (Å²) in [5, 5.41) is 12.5. The van der Waals surface area contributed by atoms with Crippen molar-refractivity contribution in [3.63, 3.8) is 0 Å². The Kier molecular flexibility index (Phi) is 5.40. The van der Waals surface area contributed by atoms with Crippen LogP contribution in [0.4, 0.5) is 0 Å². The number of carbonyl (C=O) groups is 1. The van der Waals surface area contributed by atoms with Crippen molar-refractivity contribution in [2.24, 2.45) is 11.7 Å². The molecule has 4 heteroatoms. The molecule has 0 radical (unpaired) electrons. The number of aliphatic hydroxyl groups excluding tert-OH is 1. The first-order chi connectivity index (χ1) is 8.03. The molecule has 1 aliphatic carbocycles. The van der Waals surface area contributed by atoms with E-state index in [1.165, 1.54) is 0 Å². The van der Waals surface area contributed by atoms with Gasteiger partial charge in [-0.1, -0.05) is 20.3 Å². The highest BCUT2D eigenvalue weighted by Crippen LogP contribution is 2.31. The number of hydrogen-bond acceptors (Lipinski definition) is 3. The third-order valence-corrected chi connectivity index (χ3v) is 3.86. The number of hydrogen-bond donors (Lipinski definition) is 3. The zero-order chi connectivity index (χ0) is 12.9. The van der Waals surface area contributed by atoms with Crippen LogP contribution in [-0.4, -0.2) is 29.2 Å². The monoisotopic (exact) mass is 242 g/mol. The molecule has 1 fully saturated rings. The Labute approximate surface area is 104 Å². The van der Waals surface area contributed by atoms with Crippen molar-refractivity contribution >= 4 is 5.91 Å². The lowest BCUT2D eigenvalue weighted by atomic mass is 9.77. The lowest BCUT2D eigenvalue weighted by Gasteiger charge is -2.39. The van der Waals surface area contributed by atoms with E-state index in [-0.39, 0.29) is 12.5 Å². The molecule has 0 unspecified atom stereocenters. The molecule has 1 aliphatic rings. The van der Waals surface area contributed by atoms with Gasteiger partial charge in [0.2, 0.25) is 5.91 Å². The summed E-state index contributed by atoms with van der Waals surface area (Å²) in [7, 11) is 0. The third kappa shape index (κ3) is 3.96. The van der Waals surface area contributed by atoms with Gasteiger partial charge < -0.3 is 16.2 Å². The highest BCUT2D eigenvalue weighted by Gasteiger charge is 2.35. The van der Waals surface area contributed by atoms with Crippen molar-refractivity contribution < 1.29 is 9.90 Å². The van der Waals surface area contributed by atoms with Gasteiger partial charge in [-0.25, -0.2) is 0 Å². The fourth-order valence-electron chi connectivity index (χ4n) is 2.43. The minimum Gasteiger partial charge on any atom is -0.394 e. The van der Waals surface area contributed by atoms with Crippen LogP contribution in [0.3, 0.4) is 0 Å². The number of aliphatic hydroxyl groups is 1. The Morgan fingerprint density at radius 2 is 2.12 bits per heavy atom. The average Bonchev–Trinajstić information content (AvgIpc) is 2.33. The molecule has 1 atom stereocenters. The molecule has 0 aromatic rings. The van der Waals surface area contributed by atoms with Crippen LogP contribution < -0.4 is 11.1 Å². The largest absolute Gasteiger partial charge is 0.394 e. The molecule has 0 spiro atoms. The maximum atomic E-state index is 11.9. The Morgan fingerprint density at radius 1 is 1.53 bits per heavy atom. The minimum atomic E-state index is -0.442. The van der Waals surface area contributed by atoms with E-state index in [1.54, 1.807) is 0 Å². The van der Waals surface area contributed by atoms with Crippen molar-refractivity contribution in [3.05, 3.63) is 0 Å². The van der Waals surface area contributed by atoms with Gasteiger partial charge in [0.15, 0.2) is 0 Å². The van der Waals surface area contributed by atoms with Gasteiger partial charge >= 0.3 is 0 Å². The molecule has 1 rings (SSSR count). The number of nitrogens with two attached hydrogens (primary N) is 1. The van der Waals surface area contributed by atoms with E-state index in [1.807, 2.05) is 6.92 Å². The van der Waals surface area contributed by atoms with Gasteiger partial charge in [0, 0.05) is 0 Å². The normalized spacial score (nSPS) is 30.9. The Hall–Kier alpha value is -0.610. The quantitative estimate of drug-likeness (QED) is 0.677. The zero-order valence-electron chi connectivity index (χ0n) is 11.0. The lowest BCUT2D eigenvalue weighted by Crippen LogP contribution is -2.57. The summed E-state index contributed by atoms with van der Waals surface area (Å²) in [6, 6.07) is -0.442. The van der Waals surface area contributed by atoms with Crippen molar-refractivity contribution in [3.8, 4) is 0 Å². The summed E-state index contributed by atoms with van der Waals surface area (Å²) in [6.07, 6.45) is 5.43. The molecule has 0 aromatic carbocycles. The molecule has 4 nitrogen and oxygen atoms in total. The van der Waals surface area contributed by atoms with E-state index < -0.39 is 11.6 Å². The predicted molar refractivity (Wildman–Crippen MR) is 68.5 cm³/mol. The Balaban J connectivity index is 2.54. The van der Waals surface area contributed by atoms with Crippen LogP contribution in [0.1, 0.15) is 52.4 Å². The van der Waals surface area contributed by atoms with E-state index in [0.717, 1.165) is 32.1 Å². The first-order valence-electron chi connectivity index (χ1n) is 6.71. The molecule has 100 valence electrons. The van der Waals surface area contributed by atoms with Crippen molar-refractivity contribution in [2.75, 3.05) is 6.61 Å². The first kappa shape index (κ1) is 14.5. The average molecular weight is 242 g/mol. The predicted octanol–water partition coefficient (Wildman–Crippen LogP) is 1.17. The fourth-order valence-corrected chi connectivity index (χ4v) is 2.43. The fraction of sp³-hybridized carbons (Fsp3) is 0.923. The standard InChI is InChI=1S/C13H26N2O2/c1-3-4-11(14)12(17)15-13(9-16)7-5-10(2)6-8-13/h10-11,16H,3-9,14H2,1-2H3,(H,15,17)/t10?,11-,13?/m0/s1. The molecule has 0 heterocycles. The maximum absolute atomic E-state index is 11.9. The second-order valence-corrected chi connectivity index (χ2v) is 5.51. The summed E-state index contributed by atoms with van der Waals surface area (Å²) in [5.74, 6) is 0.575. The van der Waals surface area contributed by atoms with Crippen LogP contribution >= 0.6 is 0 Å². The molecule has 1 amide bonds. The lowest BCUT2D eigenvalue weighted by molar-refractivity contribution is -0.125. The third-order valence-electron chi connectivity index (χ3n) is 3.86. The number of nitrogens with one attached hydrogen (secondary N) is 1. The molecule has 0 aromatic heterocycles. The van der Waals surface area contributed by atoms with Crippen LogP contribution in [0, 0.1) is 5.92 Å². The molecule has 0 saturated heterocycles.